The van der Waals surface area contributed by atoms with Gasteiger partial charge in [-0.25, -0.2) is 0 Å². The maximum absolute atomic E-state index is 5.93. The van der Waals surface area contributed by atoms with Gasteiger partial charge in [-0.1, -0.05) is 22.8 Å². The summed E-state index contributed by atoms with van der Waals surface area (Å²) in [6.07, 6.45) is 2.11. The molecule has 0 saturated carbocycles. The molecular formula is C14H16ClN3O2. The van der Waals surface area contributed by atoms with Crippen LogP contribution < -0.4 is 5.32 Å². The Labute approximate surface area is 122 Å². The number of nitrogens with one attached hydrogen (secondary N) is 1. The van der Waals surface area contributed by atoms with E-state index in [9.17, 15) is 0 Å². The number of ether oxygens (including phenoxy) is 1. The number of nitrogens with zero attached hydrogens (tertiary/aromatic N) is 2. The predicted octanol–water partition coefficient (Wildman–Crippen LogP) is 3.23. The van der Waals surface area contributed by atoms with Crippen LogP contribution in [-0.4, -0.2) is 23.4 Å². The van der Waals surface area contributed by atoms with Crippen LogP contribution in [0, 0.1) is 0 Å². The quantitative estimate of drug-likeness (QED) is 0.938. The van der Waals surface area contributed by atoms with Crippen LogP contribution in [0.2, 0.25) is 5.02 Å². The SMILES string of the molecule is Clc1cccc(NCc2nc(C3CCCOC3)no2)c1. The van der Waals surface area contributed by atoms with Gasteiger partial charge in [0.1, 0.15) is 0 Å². The average Bonchev–Trinajstić information content (AvgIpc) is 2.95. The third-order valence-electron chi connectivity index (χ3n) is 3.28. The first kappa shape index (κ1) is 13.4. The summed E-state index contributed by atoms with van der Waals surface area (Å²) in [5.74, 6) is 1.57. The topological polar surface area (TPSA) is 60.2 Å². The predicted molar refractivity (Wildman–Crippen MR) is 75.9 cm³/mol. The molecule has 0 radical (unpaired) electrons. The molecule has 2 aromatic rings. The summed E-state index contributed by atoms with van der Waals surface area (Å²) < 4.78 is 10.7. The van der Waals surface area contributed by atoms with E-state index >= 15 is 0 Å². The molecule has 2 heterocycles. The Morgan fingerprint density at radius 1 is 1.40 bits per heavy atom. The van der Waals surface area contributed by atoms with Gasteiger partial charge in [0.25, 0.3) is 0 Å². The summed E-state index contributed by atoms with van der Waals surface area (Å²) in [6, 6.07) is 7.52. The van der Waals surface area contributed by atoms with Crippen molar-refractivity contribution >= 4 is 17.3 Å². The van der Waals surface area contributed by atoms with Gasteiger partial charge in [0.05, 0.1) is 13.2 Å². The second kappa shape index (κ2) is 6.24. The molecule has 0 bridgehead atoms. The van der Waals surface area contributed by atoms with Crippen LogP contribution >= 0.6 is 11.6 Å². The smallest absolute Gasteiger partial charge is 0.245 e. The molecule has 106 valence electrons. The molecule has 1 atom stereocenters. The van der Waals surface area contributed by atoms with Gasteiger partial charge >= 0.3 is 0 Å². The monoisotopic (exact) mass is 293 g/mol. The van der Waals surface area contributed by atoms with Gasteiger partial charge in [-0.05, 0) is 31.0 Å². The second-order valence-corrected chi connectivity index (χ2v) is 5.26. The molecule has 1 aromatic carbocycles. The van der Waals surface area contributed by atoms with E-state index < -0.39 is 0 Å². The van der Waals surface area contributed by atoms with Crippen molar-refractivity contribution in [3.8, 4) is 0 Å². The third kappa shape index (κ3) is 3.29. The summed E-state index contributed by atoms with van der Waals surface area (Å²) in [4.78, 5) is 4.42. The Kier molecular flexibility index (Phi) is 4.18. The highest BCUT2D eigenvalue weighted by Gasteiger charge is 2.21. The first-order chi connectivity index (χ1) is 9.81. The molecule has 6 heteroatoms. The fourth-order valence-electron chi connectivity index (χ4n) is 2.23. The normalized spacial score (nSPS) is 18.9. The Morgan fingerprint density at radius 2 is 2.35 bits per heavy atom. The maximum Gasteiger partial charge on any atom is 0.245 e. The van der Waals surface area contributed by atoms with Crippen molar-refractivity contribution in [3.63, 3.8) is 0 Å². The van der Waals surface area contributed by atoms with E-state index in [0.717, 1.165) is 31.0 Å². The van der Waals surface area contributed by atoms with E-state index in [1.165, 1.54) is 0 Å². The lowest BCUT2D eigenvalue weighted by atomic mass is 10.0. The summed E-state index contributed by atoms with van der Waals surface area (Å²) in [6.45, 7) is 2.00. The molecule has 1 saturated heterocycles. The highest BCUT2D eigenvalue weighted by Crippen LogP contribution is 2.23. The standard InChI is InChI=1S/C14H16ClN3O2/c15-11-4-1-5-12(7-11)16-8-13-17-14(18-20-13)10-3-2-6-19-9-10/h1,4-5,7,10,16H,2-3,6,8-9H2. The molecule has 1 aromatic heterocycles. The van der Waals surface area contributed by atoms with Crippen molar-refractivity contribution in [1.82, 2.24) is 10.1 Å². The van der Waals surface area contributed by atoms with Crippen LogP contribution in [0.3, 0.4) is 0 Å². The molecular weight excluding hydrogens is 278 g/mol. The Morgan fingerprint density at radius 3 is 3.15 bits per heavy atom. The number of rotatable bonds is 4. The van der Waals surface area contributed by atoms with Crippen LogP contribution in [0.5, 0.6) is 0 Å². The molecule has 5 nitrogen and oxygen atoms in total. The zero-order valence-electron chi connectivity index (χ0n) is 11.0. The zero-order valence-corrected chi connectivity index (χ0v) is 11.8. The van der Waals surface area contributed by atoms with Gasteiger partial charge < -0.3 is 14.6 Å². The van der Waals surface area contributed by atoms with Gasteiger partial charge in [0.2, 0.25) is 5.89 Å². The van der Waals surface area contributed by atoms with E-state index in [2.05, 4.69) is 15.5 Å². The second-order valence-electron chi connectivity index (χ2n) is 4.82. The van der Waals surface area contributed by atoms with Crippen LogP contribution in [0.4, 0.5) is 5.69 Å². The summed E-state index contributed by atoms with van der Waals surface area (Å²) in [7, 11) is 0. The van der Waals surface area contributed by atoms with Crippen LogP contribution in [-0.2, 0) is 11.3 Å². The maximum atomic E-state index is 5.93. The molecule has 20 heavy (non-hydrogen) atoms. The first-order valence-corrected chi connectivity index (χ1v) is 7.09. The highest BCUT2D eigenvalue weighted by molar-refractivity contribution is 6.30. The number of anilines is 1. The molecule has 1 aliphatic heterocycles. The van der Waals surface area contributed by atoms with Crippen LogP contribution in [0.15, 0.2) is 28.8 Å². The Bertz CT molecular complexity index is 567. The summed E-state index contributed by atoms with van der Waals surface area (Å²) in [5, 5.41) is 7.94. The number of benzene rings is 1. The van der Waals surface area contributed by atoms with Crippen molar-refractivity contribution in [2.24, 2.45) is 0 Å². The number of hydrogen-bond acceptors (Lipinski definition) is 5. The lowest BCUT2D eigenvalue weighted by molar-refractivity contribution is 0.0773. The van der Waals surface area contributed by atoms with E-state index in [4.69, 9.17) is 20.9 Å². The lowest BCUT2D eigenvalue weighted by Crippen LogP contribution is -2.16. The first-order valence-electron chi connectivity index (χ1n) is 6.71. The van der Waals surface area contributed by atoms with Crippen molar-refractivity contribution in [2.75, 3.05) is 18.5 Å². The summed E-state index contributed by atoms with van der Waals surface area (Å²) in [5.41, 5.74) is 0.929. The fourth-order valence-corrected chi connectivity index (χ4v) is 2.42. The fraction of sp³-hybridized carbons (Fsp3) is 0.429. The molecule has 0 aliphatic carbocycles. The van der Waals surface area contributed by atoms with E-state index in [-0.39, 0.29) is 5.92 Å². The van der Waals surface area contributed by atoms with Crippen LogP contribution in [0.1, 0.15) is 30.5 Å². The van der Waals surface area contributed by atoms with E-state index in [0.29, 0.717) is 24.1 Å². The van der Waals surface area contributed by atoms with Gasteiger partial charge in [-0.15, -0.1) is 0 Å². The average molecular weight is 294 g/mol. The van der Waals surface area contributed by atoms with Gasteiger partial charge in [-0.3, -0.25) is 0 Å². The van der Waals surface area contributed by atoms with Crippen molar-refractivity contribution in [1.29, 1.82) is 0 Å². The number of aromatic nitrogens is 2. The van der Waals surface area contributed by atoms with Gasteiger partial charge in [0.15, 0.2) is 5.82 Å². The minimum atomic E-state index is 0.257. The highest BCUT2D eigenvalue weighted by atomic mass is 35.5. The van der Waals surface area contributed by atoms with Crippen molar-refractivity contribution in [2.45, 2.75) is 25.3 Å². The number of hydrogen-bond donors (Lipinski definition) is 1. The molecule has 3 rings (SSSR count). The van der Waals surface area contributed by atoms with Gasteiger partial charge in [-0.2, -0.15) is 4.98 Å². The van der Waals surface area contributed by atoms with Crippen LogP contribution in [0.25, 0.3) is 0 Å². The molecule has 1 N–H and O–H groups in total. The zero-order chi connectivity index (χ0) is 13.8. The van der Waals surface area contributed by atoms with Gasteiger partial charge in [0, 0.05) is 23.2 Å². The minimum absolute atomic E-state index is 0.257. The molecule has 0 amide bonds. The lowest BCUT2D eigenvalue weighted by Gasteiger charge is -2.18. The molecule has 1 fully saturated rings. The third-order valence-corrected chi connectivity index (χ3v) is 3.51. The largest absolute Gasteiger partial charge is 0.381 e. The number of halogens is 1. The summed E-state index contributed by atoms with van der Waals surface area (Å²) >= 11 is 5.93. The van der Waals surface area contributed by atoms with Crippen molar-refractivity contribution in [3.05, 3.63) is 41.0 Å². The minimum Gasteiger partial charge on any atom is -0.381 e. The molecule has 1 aliphatic rings. The van der Waals surface area contributed by atoms with Crippen molar-refractivity contribution < 1.29 is 9.26 Å². The Hall–Kier alpha value is -1.59. The van der Waals surface area contributed by atoms with E-state index in [1.807, 2.05) is 24.3 Å². The molecule has 1 unspecified atom stereocenters. The Balaban J connectivity index is 1.59. The molecule has 0 spiro atoms. The van der Waals surface area contributed by atoms with E-state index in [1.54, 1.807) is 0 Å².